The number of hydrogen-bond donors (Lipinski definition) is 1. The standard InChI is InChI=1S/C33H44O8/c1-17(2)10-11-21(29(38)39)26-23(40-19(4)34)16-32(8)31(26,7)15-13-24-30(6)14-12-22(36)18(3)25(30)27(37)28(33(24,32)9)41-20(5)35/h10,12,14,18,23-25,28H,11,13,15-16H2,1-9H3,(H,38,39)/b26-21+/t18-,23+,24+,25-,28-,30-,31+,32+,33-/m1/s1. The molecule has 4 rings (SSSR count). The Morgan fingerprint density at radius 3 is 2.17 bits per heavy atom. The van der Waals surface area contributed by atoms with Crippen LogP contribution in [-0.4, -0.2) is 46.8 Å². The number of ketones is 2. The van der Waals surface area contributed by atoms with E-state index in [4.69, 9.17) is 9.47 Å². The van der Waals surface area contributed by atoms with Crippen LogP contribution in [-0.2, 0) is 33.4 Å². The maximum atomic E-state index is 14.4. The van der Waals surface area contributed by atoms with Crippen molar-refractivity contribution in [2.75, 3.05) is 0 Å². The van der Waals surface area contributed by atoms with Crippen molar-refractivity contribution in [2.24, 2.45) is 39.4 Å². The molecule has 0 aromatic heterocycles. The summed E-state index contributed by atoms with van der Waals surface area (Å²) in [5.74, 6) is -3.95. The molecule has 0 saturated heterocycles. The third-order valence-corrected chi connectivity index (χ3v) is 11.5. The fraction of sp³-hybridized carbons (Fsp3) is 0.667. The molecule has 4 aliphatic carbocycles. The van der Waals surface area contributed by atoms with E-state index in [1.165, 1.54) is 13.8 Å². The first-order valence-electron chi connectivity index (χ1n) is 14.6. The van der Waals surface area contributed by atoms with Crippen LogP contribution >= 0.6 is 0 Å². The molecule has 0 unspecified atom stereocenters. The van der Waals surface area contributed by atoms with Crippen LogP contribution in [0.3, 0.4) is 0 Å². The van der Waals surface area contributed by atoms with Crippen LogP contribution in [0.1, 0.15) is 88.0 Å². The summed E-state index contributed by atoms with van der Waals surface area (Å²) < 4.78 is 11.8. The Hall–Kier alpha value is -3.03. The first-order valence-corrected chi connectivity index (χ1v) is 14.6. The molecule has 0 radical (unpaired) electrons. The number of rotatable bonds is 5. The molecule has 0 spiro atoms. The van der Waals surface area contributed by atoms with E-state index in [1.54, 1.807) is 13.0 Å². The second-order valence-electron chi connectivity index (χ2n) is 13.8. The highest BCUT2D eigenvalue weighted by molar-refractivity contribution is 6.00. The Balaban J connectivity index is 2.03. The van der Waals surface area contributed by atoms with Crippen molar-refractivity contribution < 1.29 is 38.6 Å². The molecule has 41 heavy (non-hydrogen) atoms. The second kappa shape index (κ2) is 10.1. The number of Topliss-reactive ketones (excluding diaryl/α,β-unsaturated/α-hetero) is 1. The number of carbonyl (C=O) groups excluding carboxylic acids is 4. The number of aliphatic carboxylic acids is 1. The van der Waals surface area contributed by atoms with Gasteiger partial charge in [-0.2, -0.15) is 0 Å². The lowest BCUT2D eigenvalue weighted by molar-refractivity contribution is -0.233. The Morgan fingerprint density at radius 1 is 1.02 bits per heavy atom. The number of ether oxygens (including phenoxy) is 2. The molecule has 0 heterocycles. The molecule has 0 amide bonds. The Labute approximate surface area is 242 Å². The monoisotopic (exact) mass is 568 g/mol. The van der Waals surface area contributed by atoms with Gasteiger partial charge in [-0.1, -0.05) is 52.3 Å². The highest BCUT2D eigenvalue weighted by Crippen LogP contribution is 2.77. The number of carboxylic acid groups (broad SMARTS) is 1. The van der Waals surface area contributed by atoms with Gasteiger partial charge in [0.05, 0.1) is 0 Å². The minimum atomic E-state index is -1.14. The molecule has 3 saturated carbocycles. The Morgan fingerprint density at radius 2 is 1.63 bits per heavy atom. The summed E-state index contributed by atoms with van der Waals surface area (Å²) in [4.78, 5) is 64.9. The lowest BCUT2D eigenvalue weighted by Gasteiger charge is -2.69. The zero-order chi connectivity index (χ0) is 30.9. The van der Waals surface area contributed by atoms with Gasteiger partial charge in [-0.25, -0.2) is 4.79 Å². The normalized spacial score (nSPS) is 42.4. The van der Waals surface area contributed by atoms with Gasteiger partial charge in [-0.15, -0.1) is 0 Å². The van der Waals surface area contributed by atoms with E-state index in [0.717, 1.165) is 5.57 Å². The van der Waals surface area contributed by atoms with Crippen LogP contribution in [0.5, 0.6) is 0 Å². The van der Waals surface area contributed by atoms with E-state index in [2.05, 4.69) is 0 Å². The molecular weight excluding hydrogens is 524 g/mol. The molecule has 8 nitrogen and oxygen atoms in total. The molecule has 3 fully saturated rings. The number of carboxylic acids is 1. The van der Waals surface area contributed by atoms with Crippen molar-refractivity contribution in [3.63, 3.8) is 0 Å². The number of fused-ring (bicyclic) bond motifs is 5. The second-order valence-corrected chi connectivity index (χ2v) is 13.8. The Bertz CT molecular complexity index is 1300. The van der Waals surface area contributed by atoms with E-state index < -0.39 is 63.6 Å². The van der Waals surface area contributed by atoms with Gasteiger partial charge in [0.1, 0.15) is 6.10 Å². The summed E-state index contributed by atoms with van der Waals surface area (Å²) in [5, 5.41) is 10.5. The lowest BCUT2D eigenvalue weighted by Crippen LogP contribution is -2.71. The zero-order valence-electron chi connectivity index (χ0n) is 25.8. The number of hydrogen-bond acceptors (Lipinski definition) is 7. The van der Waals surface area contributed by atoms with Gasteiger partial charge in [0.25, 0.3) is 0 Å². The third kappa shape index (κ3) is 4.26. The molecule has 9 atom stereocenters. The van der Waals surface area contributed by atoms with Gasteiger partial charge in [0.15, 0.2) is 17.7 Å². The van der Waals surface area contributed by atoms with Crippen LogP contribution < -0.4 is 0 Å². The predicted octanol–water partition coefficient (Wildman–Crippen LogP) is 5.40. The molecule has 0 bridgehead atoms. The lowest BCUT2D eigenvalue weighted by atomic mass is 9.34. The average molecular weight is 569 g/mol. The van der Waals surface area contributed by atoms with Gasteiger partial charge < -0.3 is 14.6 Å². The number of allylic oxidation sites excluding steroid dienone is 4. The zero-order valence-corrected chi connectivity index (χ0v) is 25.8. The first-order chi connectivity index (χ1) is 18.9. The van der Waals surface area contributed by atoms with Gasteiger partial charge in [-0.3, -0.25) is 19.2 Å². The minimum Gasteiger partial charge on any atom is -0.478 e. The maximum Gasteiger partial charge on any atom is 0.331 e. The van der Waals surface area contributed by atoms with E-state index in [1.807, 2.05) is 53.7 Å². The average Bonchev–Trinajstić information content (AvgIpc) is 3.06. The van der Waals surface area contributed by atoms with E-state index >= 15 is 0 Å². The molecule has 0 aromatic rings. The van der Waals surface area contributed by atoms with Gasteiger partial charge in [0.2, 0.25) is 0 Å². The summed E-state index contributed by atoms with van der Waals surface area (Å²) in [5.41, 5.74) is -1.51. The van der Waals surface area contributed by atoms with Gasteiger partial charge in [-0.05, 0) is 73.3 Å². The summed E-state index contributed by atoms with van der Waals surface area (Å²) in [6, 6.07) is 0. The van der Waals surface area contributed by atoms with Crippen molar-refractivity contribution in [3.05, 3.63) is 34.9 Å². The van der Waals surface area contributed by atoms with Gasteiger partial charge in [0, 0.05) is 36.7 Å². The maximum absolute atomic E-state index is 14.4. The summed E-state index contributed by atoms with van der Waals surface area (Å²) in [6.07, 6.45) is 5.01. The molecule has 8 heteroatoms. The van der Waals surface area contributed by atoms with Crippen molar-refractivity contribution in [1.82, 2.24) is 0 Å². The van der Waals surface area contributed by atoms with Crippen LogP contribution in [0.4, 0.5) is 0 Å². The summed E-state index contributed by atoms with van der Waals surface area (Å²) in [7, 11) is 0. The fourth-order valence-corrected chi connectivity index (χ4v) is 9.48. The van der Waals surface area contributed by atoms with E-state index in [0.29, 0.717) is 18.4 Å². The first kappa shape index (κ1) is 30.9. The van der Waals surface area contributed by atoms with Crippen LogP contribution in [0.25, 0.3) is 0 Å². The topological polar surface area (TPSA) is 124 Å². The van der Waals surface area contributed by atoms with Crippen LogP contribution in [0, 0.1) is 39.4 Å². The fourth-order valence-electron chi connectivity index (χ4n) is 9.48. The highest BCUT2D eigenvalue weighted by Gasteiger charge is 2.77. The van der Waals surface area contributed by atoms with Crippen molar-refractivity contribution in [1.29, 1.82) is 0 Å². The number of carbonyl (C=O) groups is 5. The smallest absolute Gasteiger partial charge is 0.331 e. The SMILES string of the molecule is CC(=O)O[C@H]1C[C@]2(C)[C@@]3(C)[C@H](OC(C)=O)C(=O)[C@H]4[C@H](C)C(=O)C=C[C@]4(C)[C@@H]3CC[C@@]2(C)/C1=C(\CC=C(C)C)C(=O)O. The van der Waals surface area contributed by atoms with E-state index in [-0.39, 0.29) is 35.9 Å². The largest absolute Gasteiger partial charge is 0.478 e. The molecule has 0 aliphatic heterocycles. The summed E-state index contributed by atoms with van der Waals surface area (Å²) >= 11 is 0. The van der Waals surface area contributed by atoms with Crippen molar-refractivity contribution in [2.45, 2.75) is 100 Å². The van der Waals surface area contributed by atoms with Gasteiger partial charge >= 0.3 is 17.9 Å². The van der Waals surface area contributed by atoms with Crippen LogP contribution in [0.15, 0.2) is 34.9 Å². The molecular formula is C33H44O8. The molecule has 1 N–H and O–H groups in total. The van der Waals surface area contributed by atoms with Crippen molar-refractivity contribution in [3.8, 4) is 0 Å². The molecule has 4 aliphatic rings. The minimum absolute atomic E-state index is 0.121. The third-order valence-electron chi connectivity index (χ3n) is 11.5. The quantitative estimate of drug-likeness (QED) is 0.266. The van der Waals surface area contributed by atoms with Crippen LogP contribution in [0.2, 0.25) is 0 Å². The predicted molar refractivity (Wildman–Crippen MR) is 151 cm³/mol. The Kier molecular flexibility index (Phi) is 7.58. The molecule has 0 aromatic carbocycles. The number of esters is 2. The molecule has 224 valence electrons. The highest BCUT2D eigenvalue weighted by atomic mass is 16.6. The van der Waals surface area contributed by atoms with E-state index in [9.17, 15) is 29.1 Å². The summed E-state index contributed by atoms with van der Waals surface area (Å²) in [6.45, 7) is 16.2. The van der Waals surface area contributed by atoms with Crippen molar-refractivity contribution >= 4 is 29.5 Å².